The van der Waals surface area contributed by atoms with E-state index in [9.17, 15) is 0 Å². The van der Waals surface area contributed by atoms with E-state index in [1.54, 1.807) is 0 Å². The van der Waals surface area contributed by atoms with Gasteiger partial charge in [-0.05, 0) is 169 Å². The van der Waals surface area contributed by atoms with Crippen molar-refractivity contribution in [3.8, 4) is 0 Å². The van der Waals surface area contributed by atoms with Crippen LogP contribution in [-0.4, -0.2) is 26.4 Å². The van der Waals surface area contributed by atoms with E-state index < -0.39 is 0 Å². The quantitative estimate of drug-likeness (QED) is 0.194. The van der Waals surface area contributed by atoms with Gasteiger partial charge < -0.3 is 9.47 Å². The fourth-order valence-corrected chi connectivity index (χ4v) is 16.1. The van der Waals surface area contributed by atoms with E-state index >= 15 is 0 Å². The zero-order valence-electron chi connectivity index (χ0n) is 51.7. The molecule has 68 heavy (non-hydrogen) atoms. The van der Waals surface area contributed by atoms with Gasteiger partial charge in [0, 0.05) is 25.2 Å². The predicted molar refractivity (Wildman–Crippen MR) is 307 cm³/mol. The molecule has 4 saturated carbocycles. The van der Waals surface area contributed by atoms with Gasteiger partial charge in [-0.25, -0.2) is 0 Å². The van der Waals surface area contributed by atoms with Crippen LogP contribution in [0.25, 0.3) is 0 Å². The second-order valence-corrected chi connectivity index (χ2v) is 28.4. The topological polar surface area (TPSA) is 18.5 Å². The zero-order valence-corrected chi connectivity index (χ0v) is 51.7. The molecular formula is C66H132O2. The van der Waals surface area contributed by atoms with Crippen molar-refractivity contribution in [2.45, 2.75) is 295 Å². The standard InChI is InChI=1S/2C12H24.C11H22O.C11H22.C10H20O.C10H20/c2*1-10(2)12(11(3)4)8-6-5-7-9-12;1-9(2)11(10(3)4)5-7-12-8-6-11;1-9(2)11(10(3)4)7-5-6-8-11;1-8(2)10(9(3)4)5-6-11-7-10;1-8(2)10(9(3)4)6-5-7-10/h2*10-11H,5-9H2,1-4H3;9-10H,5-8H2,1-4H3;9-10H,5-8H2,1-4H3;8-9H,5-7H2,1-4H3;8-9H,5-7H2,1-4H3. The summed E-state index contributed by atoms with van der Waals surface area (Å²) < 4.78 is 10.9. The van der Waals surface area contributed by atoms with Gasteiger partial charge in [0.25, 0.3) is 0 Å². The summed E-state index contributed by atoms with van der Waals surface area (Å²) in [5.74, 6) is 10.1. The van der Waals surface area contributed by atoms with Gasteiger partial charge in [0.15, 0.2) is 0 Å². The lowest BCUT2D eigenvalue weighted by molar-refractivity contribution is -0.0381. The average Bonchev–Trinajstić information content (AvgIpc) is 3.98. The molecule has 0 atom stereocenters. The van der Waals surface area contributed by atoms with E-state index in [-0.39, 0.29) is 0 Å². The van der Waals surface area contributed by atoms with Crippen molar-refractivity contribution in [3.05, 3.63) is 0 Å². The molecule has 6 rings (SSSR count). The van der Waals surface area contributed by atoms with Gasteiger partial charge in [0.2, 0.25) is 0 Å². The van der Waals surface area contributed by atoms with Crippen molar-refractivity contribution in [2.24, 2.45) is 104 Å². The molecule has 2 heteroatoms. The van der Waals surface area contributed by atoms with E-state index in [0.717, 1.165) is 103 Å². The zero-order chi connectivity index (χ0) is 52.3. The van der Waals surface area contributed by atoms with Crippen LogP contribution in [0.4, 0.5) is 0 Å². The van der Waals surface area contributed by atoms with Gasteiger partial charge >= 0.3 is 0 Å². The van der Waals surface area contributed by atoms with E-state index in [2.05, 4.69) is 166 Å². The van der Waals surface area contributed by atoms with Crippen molar-refractivity contribution < 1.29 is 9.47 Å². The van der Waals surface area contributed by atoms with Crippen molar-refractivity contribution >= 4 is 0 Å². The van der Waals surface area contributed by atoms with Crippen molar-refractivity contribution in [1.29, 1.82) is 0 Å². The summed E-state index contributed by atoms with van der Waals surface area (Å²) in [5.41, 5.74) is 3.80. The highest BCUT2D eigenvalue weighted by atomic mass is 16.5. The van der Waals surface area contributed by atoms with Crippen LogP contribution >= 0.6 is 0 Å². The SMILES string of the molecule is CC(C)C1(C(C)C)CCC1.CC(C)C1(C(C)C)CCCC1.CC(C)C1(C(C)C)CCCCC1.CC(C)C1(C(C)C)CCCCC1.CC(C)C1(C(C)C)CCOC1.CC(C)C1(C(C)C)CCOCC1. The maximum absolute atomic E-state index is 5.48. The lowest BCUT2D eigenvalue weighted by Crippen LogP contribution is -2.39. The van der Waals surface area contributed by atoms with E-state index in [1.165, 1.54) is 128 Å². The summed E-state index contributed by atoms with van der Waals surface area (Å²) in [6.45, 7) is 60.9. The minimum Gasteiger partial charge on any atom is -0.381 e. The smallest absolute Gasteiger partial charge is 0.0528 e. The molecule has 0 radical (unpaired) electrons. The molecule has 0 amide bonds. The number of ether oxygens (including phenoxy) is 2. The van der Waals surface area contributed by atoms with Gasteiger partial charge in [-0.2, -0.15) is 0 Å². The molecule has 2 nitrogen and oxygen atoms in total. The summed E-state index contributed by atoms with van der Waals surface area (Å²) in [6.07, 6.45) is 28.8. The first-order valence-electron chi connectivity index (χ1n) is 30.7. The van der Waals surface area contributed by atoms with Crippen LogP contribution in [0.15, 0.2) is 0 Å². The third kappa shape index (κ3) is 17.0. The monoisotopic (exact) mass is 957 g/mol. The fraction of sp³-hybridized carbons (Fsp3) is 1.00. The van der Waals surface area contributed by atoms with Gasteiger partial charge in [0.1, 0.15) is 0 Å². The minimum absolute atomic E-state index is 0.472. The van der Waals surface area contributed by atoms with Crippen LogP contribution in [0, 0.1) is 104 Å². The first-order valence-corrected chi connectivity index (χ1v) is 30.7. The Kier molecular flexibility index (Phi) is 29.4. The Balaban J connectivity index is 0.000000408. The Morgan fingerprint density at radius 2 is 0.368 bits per heavy atom. The molecule has 6 aliphatic rings. The maximum Gasteiger partial charge on any atom is 0.0528 e. The number of hydrogen-bond donors (Lipinski definition) is 0. The first-order chi connectivity index (χ1) is 31.6. The Morgan fingerprint density at radius 3 is 0.500 bits per heavy atom. The van der Waals surface area contributed by atoms with Crippen LogP contribution in [-0.2, 0) is 9.47 Å². The van der Waals surface area contributed by atoms with Crippen molar-refractivity contribution in [1.82, 2.24) is 0 Å². The number of hydrogen-bond acceptors (Lipinski definition) is 2. The Hall–Kier alpha value is -0.0800. The average molecular weight is 958 g/mol. The Labute approximate surface area is 432 Å². The normalized spacial score (nSPS) is 23.5. The molecule has 0 unspecified atom stereocenters. The van der Waals surface area contributed by atoms with E-state index in [1.807, 2.05) is 0 Å². The summed E-state index contributed by atoms with van der Waals surface area (Å²) >= 11 is 0. The number of rotatable bonds is 12. The molecule has 0 aromatic carbocycles. The Morgan fingerprint density at radius 1 is 0.191 bits per heavy atom. The molecule has 0 aromatic heterocycles. The van der Waals surface area contributed by atoms with Gasteiger partial charge in [-0.15, -0.1) is 0 Å². The minimum atomic E-state index is 0.472. The van der Waals surface area contributed by atoms with Crippen LogP contribution in [0.5, 0.6) is 0 Å². The van der Waals surface area contributed by atoms with Crippen molar-refractivity contribution in [3.63, 3.8) is 0 Å². The van der Waals surface area contributed by atoms with E-state index in [4.69, 9.17) is 9.47 Å². The highest BCUT2D eigenvalue weighted by Gasteiger charge is 2.44. The Bertz CT molecular complexity index is 1070. The van der Waals surface area contributed by atoms with Gasteiger partial charge in [-0.1, -0.05) is 224 Å². The highest BCUT2D eigenvalue weighted by molar-refractivity contribution is 4.94. The molecule has 4 aliphatic carbocycles. The molecule has 2 saturated heterocycles. The first kappa shape index (κ1) is 65.9. The lowest BCUT2D eigenvalue weighted by atomic mass is 9.56. The third-order valence-electron chi connectivity index (χ3n) is 22.7. The van der Waals surface area contributed by atoms with Crippen LogP contribution < -0.4 is 0 Å². The third-order valence-corrected chi connectivity index (χ3v) is 22.7. The lowest BCUT2D eigenvalue weighted by Gasteiger charge is -2.49. The molecule has 0 spiro atoms. The second kappa shape index (κ2) is 30.3. The second-order valence-electron chi connectivity index (χ2n) is 28.4. The molecule has 2 aliphatic heterocycles. The predicted octanol–water partition coefficient (Wildman–Crippen LogP) is 21.6. The summed E-state index contributed by atoms with van der Waals surface area (Å²) in [6, 6.07) is 0. The molecule has 0 bridgehead atoms. The summed E-state index contributed by atoms with van der Waals surface area (Å²) in [7, 11) is 0. The van der Waals surface area contributed by atoms with Crippen LogP contribution in [0.3, 0.4) is 0 Å². The molecule has 6 fully saturated rings. The summed E-state index contributed by atoms with van der Waals surface area (Å²) in [5, 5.41) is 0. The van der Waals surface area contributed by atoms with E-state index in [0.29, 0.717) is 27.1 Å². The van der Waals surface area contributed by atoms with Gasteiger partial charge in [0.05, 0.1) is 6.61 Å². The molecule has 0 aromatic rings. The highest BCUT2D eigenvalue weighted by Crippen LogP contribution is 2.53. The van der Waals surface area contributed by atoms with Crippen LogP contribution in [0.1, 0.15) is 295 Å². The van der Waals surface area contributed by atoms with Gasteiger partial charge in [-0.3, -0.25) is 0 Å². The van der Waals surface area contributed by atoms with Crippen molar-refractivity contribution in [2.75, 3.05) is 26.4 Å². The molecule has 0 N–H and O–H groups in total. The maximum atomic E-state index is 5.48. The molecular weight excluding hydrogens is 825 g/mol. The molecule has 408 valence electrons. The van der Waals surface area contributed by atoms with Crippen LogP contribution in [0.2, 0.25) is 0 Å². The summed E-state index contributed by atoms with van der Waals surface area (Å²) in [4.78, 5) is 0. The fourth-order valence-electron chi connectivity index (χ4n) is 16.1. The largest absolute Gasteiger partial charge is 0.381 e. The molecule has 2 heterocycles.